The fourth-order valence-electron chi connectivity index (χ4n) is 5.33. The van der Waals surface area contributed by atoms with Crippen LogP contribution >= 0.6 is 0 Å². The van der Waals surface area contributed by atoms with Gasteiger partial charge in [0.25, 0.3) is 0 Å². The molecular formula is C26H28N2O6. The highest BCUT2D eigenvalue weighted by molar-refractivity contribution is 5.93. The summed E-state index contributed by atoms with van der Waals surface area (Å²) in [5, 5.41) is 12.4. The van der Waals surface area contributed by atoms with Crippen molar-refractivity contribution in [1.82, 2.24) is 10.2 Å². The van der Waals surface area contributed by atoms with Crippen LogP contribution in [0.1, 0.15) is 36.3 Å². The Morgan fingerprint density at radius 2 is 1.65 bits per heavy atom. The van der Waals surface area contributed by atoms with Crippen molar-refractivity contribution in [3.8, 4) is 11.1 Å². The number of nitrogens with one attached hydrogen (secondary N) is 1. The van der Waals surface area contributed by atoms with Crippen molar-refractivity contribution in [2.75, 3.05) is 33.4 Å². The minimum Gasteiger partial charge on any atom is -0.481 e. The molecule has 1 heterocycles. The van der Waals surface area contributed by atoms with Gasteiger partial charge in [0.15, 0.2) is 0 Å². The Hall–Kier alpha value is -3.39. The molecule has 0 bridgehead atoms. The summed E-state index contributed by atoms with van der Waals surface area (Å²) in [5.41, 5.74) is 2.41. The van der Waals surface area contributed by atoms with Gasteiger partial charge in [-0.25, -0.2) is 4.79 Å². The second kappa shape index (κ2) is 8.43. The van der Waals surface area contributed by atoms with E-state index in [9.17, 15) is 19.5 Å². The maximum atomic E-state index is 13.2. The van der Waals surface area contributed by atoms with Gasteiger partial charge < -0.3 is 24.8 Å². The Balaban J connectivity index is 1.23. The summed E-state index contributed by atoms with van der Waals surface area (Å²) in [5.74, 6) is -1.29. The maximum absolute atomic E-state index is 13.2. The number of carboxylic acid groups (broad SMARTS) is 1. The molecule has 1 atom stereocenters. The average molecular weight is 465 g/mol. The molecule has 2 fully saturated rings. The van der Waals surface area contributed by atoms with Gasteiger partial charge in [-0.3, -0.25) is 9.59 Å². The smallest absolute Gasteiger partial charge is 0.408 e. The molecule has 2 aliphatic carbocycles. The topological polar surface area (TPSA) is 105 Å². The van der Waals surface area contributed by atoms with Crippen LogP contribution in [0, 0.1) is 5.41 Å². The molecule has 1 saturated heterocycles. The van der Waals surface area contributed by atoms with Gasteiger partial charge in [-0.1, -0.05) is 48.5 Å². The van der Waals surface area contributed by atoms with Crippen molar-refractivity contribution in [2.45, 2.75) is 30.7 Å². The molecule has 178 valence electrons. The van der Waals surface area contributed by atoms with Gasteiger partial charge >= 0.3 is 12.1 Å². The molecule has 2 N–H and O–H groups in total. The molecular weight excluding hydrogens is 436 g/mol. The first-order valence-corrected chi connectivity index (χ1v) is 11.5. The van der Waals surface area contributed by atoms with Gasteiger partial charge in [0, 0.05) is 26.1 Å². The van der Waals surface area contributed by atoms with Gasteiger partial charge in [0.05, 0.1) is 6.61 Å². The summed E-state index contributed by atoms with van der Waals surface area (Å²) in [6.07, 6.45) is 0.713. The van der Waals surface area contributed by atoms with Crippen LogP contribution in [0.25, 0.3) is 11.1 Å². The lowest BCUT2D eigenvalue weighted by Gasteiger charge is -2.27. The molecule has 34 heavy (non-hydrogen) atoms. The number of methoxy groups -OCH3 is 1. The molecule has 2 aromatic rings. The Kier molecular flexibility index (Phi) is 5.56. The number of benzene rings is 2. The third kappa shape index (κ3) is 3.72. The van der Waals surface area contributed by atoms with E-state index in [1.54, 1.807) is 0 Å². The van der Waals surface area contributed by atoms with E-state index < -0.39 is 23.0 Å². The van der Waals surface area contributed by atoms with Crippen LogP contribution in [-0.2, 0) is 19.1 Å². The van der Waals surface area contributed by atoms with E-state index in [-0.39, 0.29) is 31.6 Å². The molecule has 5 rings (SSSR count). The number of nitrogens with zero attached hydrogens (tertiary/aromatic N) is 1. The number of hydrogen-bond donors (Lipinski definition) is 2. The molecule has 1 aliphatic heterocycles. The summed E-state index contributed by atoms with van der Waals surface area (Å²) in [7, 11) is 1.45. The monoisotopic (exact) mass is 464 g/mol. The SMILES string of the molecule is COCC1(C(=O)O)CCN(C(=O)C2(NC(=O)OCC3c4ccccc4-c4ccccc43)CC2)C1. The number of rotatable bonds is 7. The van der Waals surface area contributed by atoms with Gasteiger partial charge in [-0.2, -0.15) is 0 Å². The molecule has 1 unspecified atom stereocenters. The number of alkyl carbamates (subject to hydrolysis) is 1. The largest absolute Gasteiger partial charge is 0.481 e. The van der Waals surface area contributed by atoms with Crippen molar-refractivity contribution in [3.05, 3.63) is 59.7 Å². The van der Waals surface area contributed by atoms with Crippen LogP contribution in [0.5, 0.6) is 0 Å². The summed E-state index contributed by atoms with van der Waals surface area (Å²) in [4.78, 5) is 39.2. The number of carbonyl (C=O) groups excluding carboxylic acids is 2. The number of ether oxygens (including phenoxy) is 2. The third-order valence-electron chi connectivity index (χ3n) is 7.36. The standard InChI is InChI=1S/C26H28N2O6/c1-33-16-25(23(30)31)12-13-28(15-25)22(29)26(10-11-26)27-24(32)34-14-21-19-8-4-2-6-17(19)18-7-3-5-9-20(18)21/h2-9,21H,10-16H2,1H3,(H,27,32)(H,30,31). The first-order valence-electron chi connectivity index (χ1n) is 11.5. The Morgan fingerprint density at radius 1 is 1.03 bits per heavy atom. The summed E-state index contributed by atoms with van der Waals surface area (Å²) < 4.78 is 10.7. The number of amides is 2. The molecule has 3 aliphatic rings. The van der Waals surface area contributed by atoms with Gasteiger partial charge in [-0.15, -0.1) is 0 Å². The highest BCUT2D eigenvalue weighted by Crippen LogP contribution is 2.45. The lowest BCUT2D eigenvalue weighted by Crippen LogP contribution is -2.51. The highest BCUT2D eigenvalue weighted by Gasteiger charge is 2.57. The number of hydrogen-bond acceptors (Lipinski definition) is 5. The maximum Gasteiger partial charge on any atom is 0.408 e. The van der Waals surface area contributed by atoms with Crippen LogP contribution in [0.4, 0.5) is 4.79 Å². The summed E-state index contributed by atoms with van der Waals surface area (Å²) in [6, 6.07) is 16.2. The highest BCUT2D eigenvalue weighted by atomic mass is 16.5. The minimum absolute atomic E-state index is 0.0406. The van der Waals surface area contributed by atoms with E-state index in [2.05, 4.69) is 29.6 Å². The molecule has 2 aromatic carbocycles. The first kappa shape index (κ1) is 22.4. The summed E-state index contributed by atoms with van der Waals surface area (Å²) in [6.45, 7) is 0.606. The minimum atomic E-state index is -1.11. The van der Waals surface area contributed by atoms with Crippen molar-refractivity contribution in [2.24, 2.45) is 5.41 Å². The molecule has 0 radical (unpaired) electrons. The van der Waals surface area contributed by atoms with Crippen molar-refractivity contribution < 1.29 is 29.0 Å². The number of fused-ring (bicyclic) bond motifs is 3. The third-order valence-corrected chi connectivity index (χ3v) is 7.36. The van der Waals surface area contributed by atoms with Crippen molar-refractivity contribution >= 4 is 18.0 Å². The molecule has 8 heteroatoms. The molecule has 8 nitrogen and oxygen atoms in total. The quantitative estimate of drug-likeness (QED) is 0.653. The second-order valence-electron chi connectivity index (χ2n) is 9.53. The zero-order valence-corrected chi connectivity index (χ0v) is 19.1. The Morgan fingerprint density at radius 3 is 2.21 bits per heavy atom. The number of carbonyl (C=O) groups is 3. The second-order valence-corrected chi connectivity index (χ2v) is 9.53. The first-order chi connectivity index (χ1) is 16.4. The Labute approximate surface area is 197 Å². The van der Waals surface area contributed by atoms with E-state index in [1.807, 2.05) is 24.3 Å². The fourth-order valence-corrected chi connectivity index (χ4v) is 5.33. The average Bonchev–Trinajstić information content (AvgIpc) is 3.36. The van der Waals surface area contributed by atoms with Gasteiger partial charge in [0.2, 0.25) is 5.91 Å². The fraction of sp³-hybridized carbons (Fsp3) is 0.423. The van der Waals surface area contributed by atoms with Crippen LogP contribution in [0.15, 0.2) is 48.5 Å². The van der Waals surface area contributed by atoms with Crippen LogP contribution in [0.2, 0.25) is 0 Å². The Bertz CT molecular complexity index is 1100. The predicted octanol–water partition coefficient (Wildman–Crippen LogP) is 3.01. The predicted molar refractivity (Wildman–Crippen MR) is 123 cm³/mol. The lowest BCUT2D eigenvalue weighted by atomic mass is 9.88. The zero-order chi connectivity index (χ0) is 23.9. The van der Waals surface area contributed by atoms with E-state index in [0.717, 1.165) is 22.3 Å². The van der Waals surface area contributed by atoms with Crippen LogP contribution in [-0.4, -0.2) is 66.9 Å². The van der Waals surface area contributed by atoms with Crippen molar-refractivity contribution in [1.29, 1.82) is 0 Å². The van der Waals surface area contributed by atoms with E-state index in [0.29, 0.717) is 25.8 Å². The normalized spacial score (nSPS) is 22.1. The van der Waals surface area contributed by atoms with Gasteiger partial charge in [0.1, 0.15) is 17.6 Å². The molecule has 0 spiro atoms. The molecule has 0 aromatic heterocycles. The van der Waals surface area contributed by atoms with Crippen LogP contribution in [0.3, 0.4) is 0 Å². The molecule has 1 saturated carbocycles. The molecule has 2 amide bonds. The number of likely N-dealkylation sites (tertiary alicyclic amines) is 1. The number of carboxylic acids is 1. The summed E-state index contributed by atoms with van der Waals surface area (Å²) >= 11 is 0. The van der Waals surface area contributed by atoms with E-state index in [1.165, 1.54) is 12.0 Å². The van der Waals surface area contributed by atoms with E-state index in [4.69, 9.17) is 9.47 Å². The zero-order valence-electron chi connectivity index (χ0n) is 19.1. The lowest BCUT2D eigenvalue weighted by molar-refractivity contribution is -0.151. The van der Waals surface area contributed by atoms with Crippen molar-refractivity contribution in [3.63, 3.8) is 0 Å². The van der Waals surface area contributed by atoms with Gasteiger partial charge in [-0.05, 0) is 41.5 Å². The number of aliphatic carboxylic acids is 1. The van der Waals surface area contributed by atoms with Crippen LogP contribution < -0.4 is 5.32 Å². The van der Waals surface area contributed by atoms with E-state index >= 15 is 0 Å².